The molecule has 0 amide bonds. The summed E-state index contributed by atoms with van der Waals surface area (Å²) in [4.78, 5) is 0. The first-order valence-corrected chi connectivity index (χ1v) is 2.36. The fourth-order valence-electron chi connectivity index (χ4n) is 0.537. The molecule has 0 nitrogen and oxygen atoms in total. The first-order chi connectivity index (χ1) is 3.79. The largest absolute Gasteiger partial charge is 0.222 e. The fraction of sp³-hybridized carbons (Fsp3) is 0. The van der Waals surface area contributed by atoms with E-state index in [0.29, 0.717) is 5.56 Å². The molecule has 0 spiro atoms. The molecule has 0 saturated heterocycles. The minimum absolute atomic E-state index is 0. The molecule has 0 unspecified atom stereocenters. The van der Waals surface area contributed by atoms with Crippen molar-refractivity contribution in [3.8, 4) is 0 Å². The van der Waals surface area contributed by atoms with Gasteiger partial charge in [0, 0.05) is 19.5 Å². The molecule has 3 heteroatoms. The van der Waals surface area contributed by atoms with Crippen LogP contribution in [0, 0.1) is 12.7 Å². The van der Waals surface area contributed by atoms with Crippen molar-refractivity contribution in [2.45, 2.75) is 0 Å². The van der Waals surface area contributed by atoms with Gasteiger partial charge < -0.3 is 0 Å². The van der Waals surface area contributed by atoms with Gasteiger partial charge in [-0.05, 0) is 0 Å². The predicted molar refractivity (Wildman–Crippen MR) is 38.1 cm³/mol. The minimum Gasteiger partial charge on any atom is -0.222 e. The van der Waals surface area contributed by atoms with Gasteiger partial charge in [-0.25, -0.2) is 4.39 Å². The van der Waals surface area contributed by atoms with Gasteiger partial charge in [-0.15, -0.1) is 24.5 Å². The zero-order valence-electron chi connectivity index (χ0n) is 5.51. The molecule has 1 aromatic carbocycles. The van der Waals surface area contributed by atoms with E-state index in [9.17, 15) is 4.39 Å². The third-order valence-corrected chi connectivity index (χ3v) is 0.889. The molecule has 1 aromatic rings. The fourth-order valence-corrected chi connectivity index (χ4v) is 0.537. The van der Waals surface area contributed by atoms with Gasteiger partial charge in [0.15, 0.2) is 0 Å². The summed E-state index contributed by atoms with van der Waals surface area (Å²) < 4.78 is 12.1. The maximum atomic E-state index is 12.1. The van der Waals surface area contributed by atoms with Gasteiger partial charge in [-0.2, -0.15) is 18.6 Å². The standard InChI is InChI=1S/C7H6F.ClH.Zn/c1-6-3-2-4-7(8)5-6;;/h2-5H,1H2;1H;/q-1;;. The zero-order chi connectivity index (χ0) is 5.98. The molecule has 0 aliphatic rings. The number of hydrogen-bond donors (Lipinski definition) is 0. The second-order valence-electron chi connectivity index (χ2n) is 1.63. The van der Waals surface area contributed by atoms with E-state index >= 15 is 0 Å². The maximum absolute atomic E-state index is 12.1. The Balaban J connectivity index is 0. The Morgan fingerprint density at radius 1 is 1.30 bits per heavy atom. The smallest absolute Gasteiger partial charge is 0.0678 e. The van der Waals surface area contributed by atoms with E-state index in [-0.39, 0.29) is 37.7 Å². The van der Waals surface area contributed by atoms with Crippen molar-refractivity contribution in [1.82, 2.24) is 0 Å². The Labute approximate surface area is 79.0 Å². The van der Waals surface area contributed by atoms with Crippen LogP contribution >= 0.6 is 12.4 Å². The molecule has 0 heterocycles. The summed E-state index contributed by atoms with van der Waals surface area (Å²) in [5.41, 5.74) is 0.713. The SMILES string of the molecule is Cl.[CH2-]c1cccc(F)c1.[Zn]. The molecule has 0 radical (unpaired) electrons. The molecule has 0 aliphatic heterocycles. The van der Waals surface area contributed by atoms with Gasteiger partial charge >= 0.3 is 0 Å². The van der Waals surface area contributed by atoms with Gasteiger partial charge in [0.05, 0.1) is 5.82 Å². The molecule has 10 heavy (non-hydrogen) atoms. The first-order valence-electron chi connectivity index (χ1n) is 2.36. The molecule has 0 N–H and O–H groups in total. The van der Waals surface area contributed by atoms with E-state index in [4.69, 9.17) is 0 Å². The van der Waals surface area contributed by atoms with Crippen LogP contribution in [-0.2, 0) is 19.5 Å². The van der Waals surface area contributed by atoms with Crippen LogP contribution < -0.4 is 0 Å². The van der Waals surface area contributed by atoms with Crippen LogP contribution in [0.1, 0.15) is 5.56 Å². The van der Waals surface area contributed by atoms with Crippen LogP contribution in [0.2, 0.25) is 0 Å². The van der Waals surface area contributed by atoms with Crippen LogP contribution in [-0.4, -0.2) is 0 Å². The molecule has 0 bridgehead atoms. The van der Waals surface area contributed by atoms with Gasteiger partial charge in [0.1, 0.15) is 0 Å². The zero-order valence-corrected chi connectivity index (χ0v) is 9.29. The van der Waals surface area contributed by atoms with Gasteiger partial charge in [-0.1, -0.05) is 6.07 Å². The van der Waals surface area contributed by atoms with Crippen LogP contribution in [0.5, 0.6) is 0 Å². The second kappa shape index (κ2) is 5.70. The van der Waals surface area contributed by atoms with E-state index in [1.807, 2.05) is 0 Å². The number of hydrogen-bond acceptors (Lipinski definition) is 0. The van der Waals surface area contributed by atoms with Gasteiger partial charge in [0.25, 0.3) is 0 Å². The number of benzene rings is 1. The maximum Gasteiger partial charge on any atom is 0.0678 e. The van der Waals surface area contributed by atoms with E-state index in [1.165, 1.54) is 12.1 Å². The normalized spacial score (nSPS) is 7.30. The van der Waals surface area contributed by atoms with Gasteiger partial charge in [0.2, 0.25) is 0 Å². The van der Waals surface area contributed by atoms with Crippen molar-refractivity contribution in [2.75, 3.05) is 0 Å². The van der Waals surface area contributed by atoms with E-state index < -0.39 is 0 Å². The van der Waals surface area contributed by atoms with Crippen LogP contribution in [0.15, 0.2) is 24.3 Å². The summed E-state index contributed by atoms with van der Waals surface area (Å²) in [6.07, 6.45) is 0. The Hall–Kier alpha value is -0.0666. The third kappa shape index (κ3) is 3.87. The Morgan fingerprint density at radius 2 is 1.90 bits per heavy atom. The van der Waals surface area contributed by atoms with Crippen molar-refractivity contribution in [3.05, 3.63) is 42.6 Å². The minimum atomic E-state index is -0.225. The topological polar surface area (TPSA) is 0 Å². The van der Waals surface area contributed by atoms with Crippen molar-refractivity contribution in [3.63, 3.8) is 0 Å². The Morgan fingerprint density at radius 3 is 2.20 bits per heavy atom. The van der Waals surface area contributed by atoms with Crippen LogP contribution in [0.25, 0.3) is 0 Å². The second-order valence-corrected chi connectivity index (χ2v) is 1.63. The third-order valence-electron chi connectivity index (χ3n) is 0.889. The first kappa shape index (κ1) is 12.6. The average molecular weight is 211 g/mol. The summed E-state index contributed by atoms with van der Waals surface area (Å²) in [7, 11) is 0. The summed E-state index contributed by atoms with van der Waals surface area (Å²) >= 11 is 0. The summed E-state index contributed by atoms with van der Waals surface area (Å²) in [5, 5.41) is 0. The average Bonchev–Trinajstić information content (AvgIpc) is 1.64. The molecule has 0 saturated carbocycles. The van der Waals surface area contributed by atoms with E-state index in [0.717, 1.165) is 0 Å². The molecule has 52 valence electrons. The van der Waals surface area contributed by atoms with Crippen molar-refractivity contribution in [2.24, 2.45) is 0 Å². The molecular formula is C7H7ClFZn-. The van der Waals surface area contributed by atoms with Gasteiger partial charge in [-0.3, -0.25) is 0 Å². The predicted octanol–water partition coefficient (Wildman–Crippen LogP) is 2.43. The summed E-state index contributed by atoms with van der Waals surface area (Å²) in [6, 6.07) is 6.18. The number of halogens is 2. The van der Waals surface area contributed by atoms with Crippen molar-refractivity contribution >= 4 is 12.4 Å². The Bertz CT molecular complexity index is 173. The summed E-state index contributed by atoms with van der Waals surface area (Å²) in [5.74, 6) is -0.225. The van der Waals surface area contributed by atoms with Crippen molar-refractivity contribution < 1.29 is 23.9 Å². The Kier molecular flexibility index (Phi) is 7.18. The van der Waals surface area contributed by atoms with E-state index in [2.05, 4.69) is 6.92 Å². The van der Waals surface area contributed by atoms with Crippen molar-refractivity contribution in [1.29, 1.82) is 0 Å². The van der Waals surface area contributed by atoms with E-state index in [1.54, 1.807) is 12.1 Å². The monoisotopic (exact) mass is 209 g/mol. The van der Waals surface area contributed by atoms with Crippen LogP contribution in [0.3, 0.4) is 0 Å². The molecule has 1 rings (SSSR count). The number of rotatable bonds is 0. The molecule has 0 aliphatic carbocycles. The quantitative estimate of drug-likeness (QED) is 0.456. The molecule has 0 fully saturated rings. The summed E-state index contributed by atoms with van der Waals surface area (Å²) in [6.45, 7) is 3.54. The molecule has 0 atom stereocenters. The molecular weight excluding hydrogens is 204 g/mol. The molecule has 0 aromatic heterocycles. The van der Waals surface area contributed by atoms with Crippen LogP contribution in [0.4, 0.5) is 4.39 Å².